The first kappa shape index (κ1) is 15.6. The van der Waals surface area contributed by atoms with E-state index in [0.717, 1.165) is 37.2 Å². The zero-order valence-electron chi connectivity index (χ0n) is 12.8. The number of Topliss-reactive ketones (excluding diaryl/α,β-unsaturated/α-hetero) is 1. The molecule has 0 unspecified atom stereocenters. The molecule has 7 heteroatoms. The van der Waals surface area contributed by atoms with Gasteiger partial charge in [0.2, 0.25) is 5.13 Å². The Hall–Kier alpha value is -2.28. The molecule has 0 radical (unpaired) electrons. The van der Waals surface area contributed by atoms with Crippen molar-refractivity contribution in [3.8, 4) is 0 Å². The maximum Gasteiger partial charge on any atom is 0.325 e. The molecule has 1 heterocycles. The standard InChI is InChI=1S/C16H18N4O2S/c1-10-17-16(23-20-10)19-15(22)18-13-9-5-4-8-12(13)14(21)11-6-2-3-7-11/h4-5,8-9,11H,2-3,6-7H2,1H3,(H2,17,18,19,20,22). The molecule has 1 fully saturated rings. The zero-order valence-corrected chi connectivity index (χ0v) is 13.7. The summed E-state index contributed by atoms with van der Waals surface area (Å²) in [5.74, 6) is 0.805. The van der Waals surface area contributed by atoms with Crippen LogP contribution in [-0.2, 0) is 0 Å². The molecule has 1 aliphatic rings. The number of urea groups is 1. The molecule has 1 saturated carbocycles. The number of nitrogens with zero attached hydrogens (tertiary/aromatic N) is 2. The van der Waals surface area contributed by atoms with Gasteiger partial charge in [-0.05, 0) is 31.9 Å². The van der Waals surface area contributed by atoms with Crippen LogP contribution in [0.1, 0.15) is 41.9 Å². The lowest BCUT2D eigenvalue weighted by atomic mass is 9.95. The van der Waals surface area contributed by atoms with E-state index in [4.69, 9.17) is 0 Å². The van der Waals surface area contributed by atoms with E-state index >= 15 is 0 Å². The van der Waals surface area contributed by atoms with Gasteiger partial charge in [0.15, 0.2) is 5.78 Å². The Morgan fingerprint density at radius 3 is 2.61 bits per heavy atom. The number of carbonyl (C=O) groups excluding carboxylic acids is 2. The van der Waals surface area contributed by atoms with Crippen LogP contribution in [0.25, 0.3) is 0 Å². The highest BCUT2D eigenvalue weighted by Gasteiger charge is 2.25. The predicted octanol–water partition coefficient (Wildman–Crippen LogP) is 3.86. The number of amides is 2. The monoisotopic (exact) mass is 330 g/mol. The van der Waals surface area contributed by atoms with Crippen molar-refractivity contribution in [2.75, 3.05) is 10.6 Å². The van der Waals surface area contributed by atoms with Crippen LogP contribution in [0.5, 0.6) is 0 Å². The highest BCUT2D eigenvalue weighted by atomic mass is 32.1. The average molecular weight is 330 g/mol. The third-order valence-electron chi connectivity index (χ3n) is 3.91. The van der Waals surface area contributed by atoms with E-state index < -0.39 is 6.03 Å². The second-order valence-corrected chi connectivity index (χ2v) is 6.37. The number of para-hydroxylation sites is 1. The Balaban J connectivity index is 1.72. The molecule has 6 nitrogen and oxygen atoms in total. The number of hydrogen-bond donors (Lipinski definition) is 2. The molecule has 2 aromatic rings. The summed E-state index contributed by atoms with van der Waals surface area (Å²) in [6.07, 6.45) is 4.07. The number of nitrogens with one attached hydrogen (secondary N) is 2. The maximum absolute atomic E-state index is 12.6. The van der Waals surface area contributed by atoms with Crippen LogP contribution < -0.4 is 10.6 Å². The molecule has 0 spiro atoms. The van der Waals surface area contributed by atoms with Crippen LogP contribution in [0.2, 0.25) is 0 Å². The van der Waals surface area contributed by atoms with Crippen molar-refractivity contribution in [1.82, 2.24) is 9.36 Å². The molecule has 0 atom stereocenters. The van der Waals surface area contributed by atoms with Gasteiger partial charge in [0.05, 0.1) is 5.69 Å². The molecule has 1 aliphatic carbocycles. The van der Waals surface area contributed by atoms with Crippen molar-refractivity contribution in [2.45, 2.75) is 32.6 Å². The van der Waals surface area contributed by atoms with Gasteiger partial charge in [-0.15, -0.1) is 0 Å². The Morgan fingerprint density at radius 1 is 1.17 bits per heavy atom. The number of anilines is 2. The molecule has 0 aliphatic heterocycles. The summed E-state index contributed by atoms with van der Waals surface area (Å²) >= 11 is 1.12. The van der Waals surface area contributed by atoms with Gasteiger partial charge in [-0.2, -0.15) is 4.37 Å². The van der Waals surface area contributed by atoms with Crippen molar-refractivity contribution in [1.29, 1.82) is 0 Å². The molecule has 3 rings (SSSR count). The van der Waals surface area contributed by atoms with Gasteiger partial charge >= 0.3 is 6.03 Å². The SMILES string of the molecule is Cc1nsc(NC(=O)Nc2ccccc2C(=O)C2CCCC2)n1. The molecule has 2 N–H and O–H groups in total. The lowest BCUT2D eigenvalue weighted by Gasteiger charge is -2.13. The molecule has 1 aromatic carbocycles. The van der Waals surface area contributed by atoms with Gasteiger partial charge < -0.3 is 5.32 Å². The summed E-state index contributed by atoms with van der Waals surface area (Å²) in [5.41, 5.74) is 1.10. The molecular weight excluding hydrogens is 312 g/mol. The first-order valence-electron chi connectivity index (χ1n) is 7.65. The van der Waals surface area contributed by atoms with Gasteiger partial charge in [-0.1, -0.05) is 25.0 Å². The van der Waals surface area contributed by atoms with Gasteiger partial charge in [-0.25, -0.2) is 9.78 Å². The van der Waals surface area contributed by atoms with Crippen molar-refractivity contribution < 1.29 is 9.59 Å². The fourth-order valence-electron chi connectivity index (χ4n) is 2.81. The minimum atomic E-state index is -0.423. The maximum atomic E-state index is 12.6. The number of carbonyl (C=O) groups is 2. The minimum Gasteiger partial charge on any atom is -0.307 e. The number of rotatable bonds is 4. The lowest BCUT2D eigenvalue weighted by molar-refractivity contribution is 0.0924. The van der Waals surface area contributed by atoms with Gasteiger partial charge in [-0.3, -0.25) is 10.1 Å². The average Bonchev–Trinajstić information content (AvgIpc) is 3.19. The van der Waals surface area contributed by atoms with E-state index in [1.54, 1.807) is 25.1 Å². The zero-order chi connectivity index (χ0) is 16.2. The van der Waals surface area contributed by atoms with E-state index in [2.05, 4.69) is 20.0 Å². The van der Waals surface area contributed by atoms with E-state index in [-0.39, 0.29) is 11.7 Å². The van der Waals surface area contributed by atoms with E-state index in [1.807, 2.05) is 6.07 Å². The topological polar surface area (TPSA) is 84.0 Å². The second-order valence-electron chi connectivity index (χ2n) is 5.62. The fraction of sp³-hybridized carbons (Fsp3) is 0.375. The van der Waals surface area contributed by atoms with Crippen LogP contribution >= 0.6 is 11.5 Å². The van der Waals surface area contributed by atoms with Gasteiger partial charge in [0, 0.05) is 23.0 Å². The molecular formula is C16H18N4O2S. The Bertz CT molecular complexity index is 722. The van der Waals surface area contributed by atoms with Crippen LogP contribution in [-0.4, -0.2) is 21.2 Å². The van der Waals surface area contributed by atoms with Crippen molar-refractivity contribution in [3.63, 3.8) is 0 Å². The summed E-state index contributed by atoms with van der Waals surface area (Å²) in [4.78, 5) is 28.8. The molecule has 23 heavy (non-hydrogen) atoms. The van der Waals surface area contributed by atoms with Gasteiger partial charge in [0.1, 0.15) is 5.82 Å². The summed E-state index contributed by atoms with van der Waals surface area (Å²) in [6, 6.07) is 6.71. The highest BCUT2D eigenvalue weighted by molar-refractivity contribution is 7.09. The van der Waals surface area contributed by atoms with Gasteiger partial charge in [0.25, 0.3) is 0 Å². The fourth-order valence-corrected chi connectivity index (χ4v) is 3.38. The largest absolute Gasteiger partial charge is 0.325 e. The molecule has 120 valence electrons. The summed E-state index contributed by atoms with van der Waals surface area (Å²) in [6.45, 7) is 1.76. The summed E-state index contributed by atoms with van der Waals surface area (Å²) in [7, 11) is 0. The number of aryl methyl sites for hydroxylation is 1. The second kappa shape index (κ2) is 6.87. The Morgan fingerprint density at radius 2 is 1.91 bits per heavy atom. The Labute approximate surface area is 138 Å². The smallest absolute Gasteiger partial charge is 0.307 e. The molecule has 0 bridgehead atoms. The van der Waals surface area contributed by atoms with Crippen molar-refractivity contribution in [3.05, 3.63) is 35.7 Å². The Kier molecular flexibility index (Phi) is 4.66. The van der Waals surface area contributed by atoms with Crippen LogP contribution in [0.3, 0.4) is 0 Å². The number of benzene rings is 1. The van der Waals surface area contributed by atoms with Crippen LogP contribution in [0.15, 0.2) is 24.3 Å². The first-order valence-corrected chi connectivity index (χ1v) is 8.42. The van der Waals surface area contributed by atoms with Crippen molar-refractivity contribution in [2.24, 2.45) is 5.92 Å². The molecule has 0 saturated heterocycles. The van der Waals surface area contributed by atoms with Crippen molar-refractivity contribution >= 4 is 34.2 Å². The number of aromatic nitrogens is 2. The van der Waals surface area contributed by atoms with E-state index in [0.29, 0.717) is 22.2 Å². The summed E-state index contributed by atoms with van der Waals surface area (Å²) < 4.78 is 4.01. The normalized spacial score (nSPS) is 14.7. The van der Waals surface area contributed by atoms with E-state index in [1.165, 1.54) is 0 Å². The minimum absolute atomic E-state index is 0.0758. The van der Waals surface area contributed by atoms with Crippen LogP contribution in [0.4, 0.5) is 15.6 Å². The third-order valence-corrected chi connectivity index (χ3v) is 4.64. The predicted molar refractivity (Wildman–Crippen MR) is 90.0 cm³/mol. The van der Waals surface area contributed by atoms with Crippen LogP contribution in [0, 0.1) is 12.8 Å². The summed E-state index contributed by atoms with van der Waals surface area (Å²) in [5, 5.41) is 5.80. The highest BCUT2D eigenvalue weighted by Crippen LogP contribution is 2.30. The molecule has 1 aromatic heterocycles. The number of ketones is 1. The molecule has 2 amide bonds. The van der Waals surface area contributed by atoms with E-state index in [9.17, 15) is 9.59 Å². The lowest BCUT2D eigenvalue weighted by Crippen LogP contribution is -2.22. The quantitative estimate of drug-likeness (QED) is 0.834. The first-order chi connectivity index (χ1) is 11.1. The third kappa shape index (κ3) is 3.73. The number of hydrogen-bond acceptors (Lipinski definition) is 5.